The molecule has 2 aromatic rings. The van der Waals surface area contributed by atoms with Crippen LogP contribution in [0.2, 0.25) is 0 Å². The van der Waals surface area contributed by atoms with Gasteiger partial charge in [0.1, 0.15) is 0 Å². The molecule has 0 aliphatic rings. The number of aromatic nitrogens is 1. The molecule has 0 aliphatic carbocycles. The number of aryl methyl sites for hydroxylation is 2. The summed E-state index contributed by atoms with van der Waals surface area (Å²) in [5, 5.41) is 4.85. The van der Waals surface area contributed by atoms with Crippen LogP contribution < -0.4 is 10.0 Å². The average Bonchev–Trinajstić information content (AvgIpc) is 2.94. The maximum Gasteiger partial charge on any atom is 0.240 e. The lowest BCUT2D eigenvalue weighted by Crippen LogP contribution is -2.28. The van der Waals surface area contributed by atoms with E-state index in [1.165, 1.54) is 11.3 Å². The van der Waals surface area contributed by atoms with Gasteiger partial charge in [-0.15, -0.1) is 11.3 Å². The Morgan fingerprint density at radius 3 is 2.77 bits per heavy atom. The molecule has 6 nitrogen and oxygen atoms in total. The van der Waals surface area contributed by atoms with Crippen molar-refractivity contribution in [1.82, 2.24) is 9.71 Å². The minimum Gasteiger partial charge on any atom is -0.302 e. The zero-order valence-electron chi connectivity index (χ0n) is 12.3. The summed E-state index contributed by atoms with van der Waals surface area (Å²) in [7, 11) is -3.61. The van der Waals surface area contributed by atoms with Crippen molar-refractivity contribution in [2.75, 3.05) is 11.9 Å². The summed E-state index contributed by atoms with van der Waals surface area (Å²) >= 11 is 1.31. The number of anilines is 1. The van der Waals surface area contributed by atoms with Crippen LogP contribution in [0.25, 0.3) is 0 Å². The van der Waals surface area contributed by atoms with Gasteiger partial charge in [0.15, 0.2) is 5.13 Å². The predicted octanol–water partition coefficient (Wildman–Crippen LogP) is 2.07. The van der Waals surface area contributed by atoms with Crippen molar-refractivity contribution < 1.29 is 13.2 Å². The third-order valence-electron chi connectivity index (χ3n) is 2.96. The molecule has 0 bridgehead atoms. The molecule has 1 amide bonds. The SMILES string of the molecule is Cc1ccc(C)c(S(=O)(=O)NCCC(=O)Nc2nccs2)c1. The molecule has 1 heterocycles. The van der Waals surface area contributed by atoms with Crippen molar-refractivity contribution in [1.29, 1.82) is 0 Å². The number of rotatable bonds is 6. The third kappa shape index (κ3) is 4.36. The fourth-order valence-electron chi connectivity index (χ4n) is 1.84. The van der Waals surface area contributed by atoms with Crippen LogP contribution in [0.4, 0.5) is 5.13 Å². The zero-order chi connectivity index (χ0) is 16.2. The molecule has 1 aromatic carbocycles. The van der Waals surface area contributed by atoms with Crippen molar-refractivity contribution in [3.8, 4) is 0 Å². The molecule has 0 atom stereocenters. The van der Waals surface area contributed by atoms with Gasteiger partial charge in [0, 0.05) is 24.5 Å². The first kappa shape index (κ1) is 16.6. The summed E-state index contributed by atoms with van der Waals surface area (Å²) in [4.78, 5) is 15.8. The standard InChI is InChI=1S/C14H17N3O3S2/c1-10-3-4-11(2)12(9-10)22(19,20)16-6-5-13(18)17-14-15-7-8-21-14/h3-4,7-9,16H,5-6H2,1-2H3,(H,15,17,18). The van der Waals surface area contributed by atoms with E-state index in [-0.39, 0.29) is 23.8 Å². The molecule has 1 aromatic heterocycles. The van der Waals surface area contributed by atoms with Crippen LogP contribution >= 0.6 is 11.3 Å². The van der Waals surface area contributed by atoms with Gasteiger partial charge in [0.2, 0.25) is 15.9 Å². The summed E-state index contributed by atoms with van der Waals surface area (Å²) in [5.41, 5.74) is 1.54. The number of nitrogens with one attached hydrogen (secondary N) is 2. The maximum absolute atomic E-state index is 12.3. The molecule has 0 aliphatic heterocycles. The van der Waals surface area contributed by atoms with Gasteiger partial charge in [0.25, 0.3) is 0 Å². The highest BCUT2D eigenvalue weighted by molar-refractivity contribution is 7.89. The number of carbonyl (C=O) groups is 1. The van der Waals surface area contributed by atoms with Gasteiger partial charge in [-0.05, 0) is 31.0 Å². The molecule has 118 valence electrons. The minimum atomic E-state index is -3.61. The number of thiazole rings is 1. The third-order valence-corrected chi connectivity index (χ3v) is 5.25. The summed E-state index contributed by atoms with van der Waals surface area (Å²) in [6.45, 7) is 3.61. The first-order chi connectivity index (χ1) is 10.4. The molecule has 0 fully saturated rings. The number of carbonyl (C=O) groups excluding carboxylic acids is 1. The highest BCUT2D eigenvalue weighted by Crippen LogP contribution is 2.16. The van der Waals surface area contributed by atoms with E-state index in [4.69, 9.17) is 0 Å². The second-order valence-corrected chi connectivity index (χ2v) is 7.43. The van der Waals surface area contributed by atoms with E-state index < -0.39 is 10.0 Å². The topological polar surface area (TPSA) is 88.2 Å². The van der Waals surface area contributed by atoms with Crippen molar-refractivity contribution in [2.45, 2.75) is 25.2 Å². The van der Waals surface area contributed by atoms with Crippen molar-refractivity contribution in [3.05, 3.63) is 40.9 Å². The van der Waals surface area contributed by atoms with Crippen LogP contribution in [0.3, 0.4) is 0 Å². The molecular weight excluding hydrogens is 322 g/mol. The molecule has 0 unspecified atom stereocenters. The predicted molar refractivity (Wildman–Crippen MR) is 86.5 cm³/mol. The van der Waals surface area contributed by atoms with E-state index >= 15 is 0 Å². The van der Waals surface area contributed by atoms with Crippen LogP contribution in [0.1, 0.15) is 17.5 Å². The second-order valence-electron chi connectivity index (χ2n) is 4.80. The Hall–Kier alpha value is -1.77. The fraction of sp³-hybridized carbons (Fsp3) is 0.286. The Balaban J connectivity index is 1.92. The van der Waals surface area contributed by atoms with Gasteiger partial charge in [-0.1, -0.05) is 12.1 Å². The Labute approximate surface area is 133 Å². The molecule has 8 heteroatoms. The van der Waals surface area contributed by atoms with Gasteiger partial charge in [0.05, 0.1) is 4.90 Å². The van der Waals surface area contributed by atoms with Gasteiger partial charge in [-0.2, -0.15) is 0 Å². The van der Waals surface area contributed by atoms with Gasteiger partial charge < -0.3 is 5.32 Å². The summed E-state index contributed by atoms with van der Waals surface area (Å²) < 4.78 is 26.9. The summed E-state index contributed by atoms with van der Waals surface area (Å²) in [5.74, 6) is -0.279. The van der Waals surface area contributed by atoms with Crippen LogP contribution in [-0.2, 0) is 14.8 Å². The molecule has 0 saturated heterocycles. The minimum absolute atomic E-state index is 0.0346. The largest absolute Gasteiger partial charge is 0.302 e. The lowest BCUT2D eigenvalue weighted by molar-refractivity contribution is -0.116. The molecule has 22 heavy (non-hydrogen) atoms. The molecule has 0 spiro atoms. The van der Waals surface area contributed by atoms with E-state index in [0.29, 0.717) is 10.7 Å². The fourth-order valence-corrected chi connectivity index (χ4v) is 3.74. The number of hydrogen-bond acceptors (Lipinski definition) is 5. The van der Waals surface area contributed by atoms with Crippen LogP contribution in [0.5, 0.6) is 0 Å². The van der Waals surface area contributed by atoms with Crippen molar-refractivity contribution in [3.63, 3.8) is 0 Å². The van der Waals surface area contributed by atoms with Crippen LogP contribution in [0.15, 0.2) is 34.7 Å². The van der Waals surface area contributed by atoms with E-state index in [1.807, 2.05) is 13.0 Å². The molecule has 2 rings (SSSR count). The zero-order valence-corrected chi connectivity index (χ0v) is 13.9. The normalized spacial score (nSPS) is 11.4. The van der Waals surface area contributed by atoms with Crippen molar-refractivity contribution in [2.24, 2.45) is 0 Å². The Bertz CT molecular complexity index is 756. The highest BCUT2D eigenvalue weighted by Gasteiger charge is 2.17. The van der Waals surface area contributed by atoms with Crippen molar-refractivity contribution >= 4 is 32.4 Å². The van der Waals surface area contributed by atoms with Crippen LogP contribution in [-0.4, -0.2) is 25.9 Å². The summed E-state index contributed by atoms with van der Waals surface area (Å²) in [6, 6.07) is 5.24. The monoisotopic (exact) mass is 339 g/mol. The number of nitrogens with zero attached hydrogens (tertiary/aromatic N) is 1. The Morgan fingerprint density at radius 2 is 2.09 bits per heavy atom. The summed E-state index contributed by atoms with van der Waals surface area (Å²) in [6.07, 6.45) is 1.63. The maximum atomic E-state index is 12.3. The number of benzene rings is 1. The first-order valence-corrected chi connectivity index (χ1v) is 9.01. The number of amides is 1. The smallest absolute Gasteiger partial charge is 0.240 e. The van der Waals surface area contributed by atoms with Gasteiger partial charge in [-0.25, -0.2) is 18.1 Å². The molecule has 0 saturated carbocycles. The highest BCUT2D eigenvalue weighted by atomic mass is 32.2. The average molecular weight is 339 g/mol. The van der Waals surface area contributed by atoms with E-state index in [0.717, 1.165) is 5.56 Å². The molecule has 0 radical (unpaired) electrons. The van der Waals surface area contributed by atoms with Crippen LogP contribution in [0, 0.1) is 13.8 Å². The van der Waals surface area contributed by atoms with E-state index in [9.17, 15) is 13.2 Å². The first-order valence-electron chi connectivity index (χ1n) is 6.65. The van der Waals surface area contributed by atoms with E-state index in [1.54, 1.807) is 30.6 Å². The Morgan fingerprint density at radius 1 is 1.32 bits per heavy atom. The quantitative estimate of drug-likeness (QED) is 0.843. The second kappa shape index (κ2) is 6.99. The lowest BCUT2D eigenvalue weighted by Gasteiger charge is -2.10. The number of hydrogen-bond donors (Lipinski definition) is 2. The number of sulfonamides is 1. The van der Waals surface area contributed by atoms with E-state index in [2.05, 4.69) is 15.0 Å². The molecular formula is C14H17N3O3S2. The lowest BCUT2D eigenvalue weighted by atomic mass is 10.2. The Kier molecular flexibility index (Phi) is 5.28. The van der Waals surface area contributed by atoms with Gasteiger partial charge >= 0.3 is 0 Å². The van der Waals surface area contributed by atoms with Gasteiger partial charge in [-0.3, -0.25) is 4.79 Å². The molecule has 2 N–H and O–H groups in total.